The van der Waals surface area contributed by atoms with E-state index in [9.17, 15) is 0 Å². The van der Waals surface area contributed by atoms with Crippen molar-refractivity contribution in [3.8, 4) is 5.75 Å². The zero-order valence-corrected chi connectivity index (χ0v) is 16.4. The van der Waals surface area contributed by atoms with E-state index in [-0.39, 0.29) is 6.04 Å². The first-order valence-electron chi connectivity index (χ1n) is 9.32. The minimum absolute atomic E-state index is 0.206. The van der Waals surface area contributed by atoms with Crippen molar-refractivity contribution in [3.63, 3.8) is 0 Å². The minimum Gasteiger partial charge on any atom is -0.495 e. The molecule has 0 aliphatic rings. The van der Waals surface area contributed by atoms with Crippen molar-refractivity contribution in [1.82, 2.24) is 4.90 Å². The van der Waals surface area contributed by atoms with Gasteiger partial charge in [-0.05, 0) is 37.4 Å². The number of para-hydroxylation sites is 2. The molecule has 0 heterocycles. The van der Waals surface area contributed by atoms with E-state index in [4.69, 9.17) is 4.74 Å². The third kappa shape index (κ3) is 4.89. The van der Waals surface area contributed by atoms with Gasteiger partial charge in [-0.1, -0.05) is 72.8 Å². The molecule has 0 spiro atoms. The molecule has 0 saturated carbocycles. The lowest BCUT2D eigenvalue weighted by Gasteiger charge is -2.36. The first-order chi connectivity index (χ1) is 13.2. The predicted molar refractivity (Wildman–Crippen MR) is 113 cm³/mol. The molecule has 0 aliphatic carbocycles. The average Bonchev–Trinajstić information content (AvgIpc) is 2.72. The summed E-state index contributed by atoms with van der Waals surface area (Å²) in [7, 11) is 5.99. The Morgan fingerprint density at radius 3 is 2.00 bits per heavy atom. The van der Waals surface area contributed by atoms with Gasteiger partial charge in [-0.2, -0.15) is 0 Å². The molecular formula is C24H28N2O. The van der Waals surface area contributed by atoms with E-state index in [2.05, 4.69) is 96.7 Å². The van der Waals surface area contributed by atoms with Crippen LogP contribution in [0.3, 0.4) is 0 Å². The Morgan fingerprint density at radius 1 is 0.778 bits per heavy atom. The second-order valence-electron chi connectivity index (χ2n) is 6.97. The molecule has 3 nitrogen and oxygen atoms in total. The standard InChI is InChI=1S/C24H28N2O/c1-25(2)19-23(21-14-8-5-9-15-21)26(18-20-12-6-4-7-13-20)22-16-10-11-17-24(22)27-3/h4-17,23H,18-19H2,1-3H3. The summed E-state index contributed by atoms with van der Waals surface area (Å²) in [5.41, 5.74) is 3.69. The van der Waals surface area contributed by atoms with E-state index in [0.717, 1.165) is 24.5 Å². The van der Waals surface area contributed by atoms with Crippen LogP contribution in [0.1, 0.15) is 17.2 Å². The molecule has 0 N–H and O–H groups in total. The zero-order valence-electron chi connectivity index (χ0n) is 16.4. The third-order valence-corrected chi connectivity index (χ3v) is 4.69. The van der Waals surface area contributed by atoms with Crippen LogP contribution in [-0.4, -0.2) is 32.6 Å². The minimum atomic E-state index is 0.206. The Labute approximate surface area is 162 Å². The molecule has 3 heteroatoms. The SMILES string of the molecule is COc1ccccc1N(Cc1ccccc1)C(CN(C)C)c1ccccc1. The van der Waals surface area contributed by atoms with E-state index in [1.807, 2.05) is 12.1 Å². The van der Waals surface area contributed by atoms with Gasteiger partial charge in [-0.25, -0.2) is 0 Å². The van der Waals surface area contributed by atoms with Crippen molar-refractivity contribution in [3.05, 3.63) is 96.1 Å². The molecule has 0 radical (unpaired) electrons. The van der Waals surface area contributed by atoms with Gasteiger partial charge < -0.3 is 14.5 Å². The monoisotopic (exact) mass is 360 g/mol. The number of anilines is 1. The second-order valence-corrected chi connectivity index (χ2v) is 6.97. The van der Waals surface area contributed by atoms with Gasteiger partial charge in [-0.3, -0.25) is 0 Å². The van der Waals surface area contributed by atoms with E-state index in [1.165, 1.54) is 11.1 Å². The maximum absolute atomic E-state index is 5.70. The lowest BCUT2D eigenvalue weighted by Crippen LogP contribution is -2.35. The fourth-order valence-corrected chi connectivity index (χ4v) is 3.42. The third-order valence-electron chi connectivity index (χ3n) is 4.69. The van der Waals surface area contributed by atoms with Crippen LogP contribution < -0.4 is 9.64 Å². The maximum Gasteiger partial charge on any atom is 0.142 e. The number of rotatable bonds is 8. The number of likely N-dealkylation sites (N-methyl/N-ethyl adjacent to an activating group) is 1. The van der Waals surface area contributed by atoms with Gasteiger partial charge in [0.2, 0.25) is 0 Å². The first kappa shape index (κ1) is 19.0. The molecule has 3 aromatic rings. The van der Waals surface area contributed by atoms with Crippen molar-refractivity contribution < 1.29 is 4.74 Å². The van der Waals surface area contributed by atoms with Gasteiger partial charge in [0.15, 0.2) is 0 Å². The molecule has 3 aromatic carbocycles. The van der Waals surface area contributed by atoms with E-state index in [1.54, 1.807) is 7.11 Å². The molecule has 0 bridgehead atoms. The maximum atomic E-state index is 5.70. The van der Waals surface area contributed by atoms with Crippen LogP contribution in [0.5, 0.6) is 5.75 Å². The van der Waals surface area contributed by atoms with Crippen molar-refractivity contribution >= 4 is 5.69 Å². The molecule has 3 rings (SSSR count). The molecule has 140 valence electrons. The normalized spacial score (nSPS) is 12.0. The Morgan fingerprint density at radius 2 is 1.37 bits per heavy atom. The Bertz CT molecular complexity index is 818. The molecule has 1 atom stereocenters. The zero-order chi connectivity index (χ0) is 19.1. The van der Waals surface area contributed by atoms with Gasteiger partial charge in [0.25, 0.3) is 0 Å². The molecule has 0 fully saturated rings. The van der Waals surface area contributed by atoms with Crippen LogP contribution in [0.2, 0.25) is 0 Å². The molecule has 1 unspecified atom stereocenters. The van der Waals surface area contributed by atoms with Gasteiger partial charge >= 0.3 is 0 Å². The Kier molecular flexibility index (Phi) is 6.50. The van der Waals surface area contributed by atoms with E-state index < -0.39 is 0 Å². The first-order valence-corrected chi connectivity index (χ1v) is 9.32. The summed E-state index contributed by atoms with van der Waals surface area (Å²) in [5.74, 6) is 0.896. The van der Waals surface area contributed by atoms with Crippen LogP contribution in [0, 0.1) is 0 Å². The highest BCUT2D eigenvalue weighted by Gasteiger charge is 2.24. The number of nitrogens with zero attached hydrogens (tertiary/aromatic N) is 2. The van der Waals surface area contributed by atoms with Crippen molar-refractivity contribution in [2.45, 2.75) is 12.6 Å². The summed E-state index contributed by atoms with van der Waals surface area (Å²) in [6.07, 6.45) is 0. The largest absolute Gasteiger partial charge is 0.495 e. The molecule has 0 aliphatic heterocycles. The van der Waals surface area contributed by atoms with Crippen molar-refractivity contribution in [1.29, 1.82) is 0 Å². The highest BCUT2D eigenvalue weighted by molar-refractivity contribution is 5.60. The molecular weight excluding hydrogens is 332 g/mol. The van der Waals surface area contributed by atoms with Crippen molar-refractivity contribution in [2.24, 2.45) is 0 Å². The quantitative estimate of drug-likeness (QED) is 0.562. The summed E-state index contributed by atoms with van der Waals surface area (Å²) in [4.78, 5) is 4.69. The molecule has 27 heavy (non-hydrogen) atoms. The van der Waals surface area contributed by atoms with E-state index in [0.29, 0.717) is 0 Å². The lowest BCUT2D eigenvalue weighted by atomic mass is 10.0. The van der Waals surface area contributed by atoms with Crippen molar-refractivity contribution in [2.75, 3.05) is 32.6 Å². The fourth-order valence-electron chi connectivity index (χ4n) is 3.42. The lowest BCUT2D eigenvalue weighted by molar-refractivity contribution is 0.360. The summed E-state index contributed by atoms with van der Waals surface area (Å²) in [6, 6.07) is 29.8. The van der Waals surface area contributed by atoms with Gasteiger partial charge in [-0.15, -0.1) is 0 Å². The number of ether oxygens (including phenoxy) is 1. The van der Waals surface area contributed by atoms with Crippen LogP contribution in [0.15, 0.2) is 84.9 Å². The van der Waals surface area contributed by atoms with Crippen LogP contribution in [0.4, 0.5) is 5.69 Å². The molecule has 0 saturated heterocycles. The fraction of sp³-hybridized carbons (Fsp3) is 0.250. The molecule has 0 amide bonds. The van der Waals surface area contributed by atoms with E-state index >= 15 is 0 Å². The number of hydrogen-bond acceptors (Lipinski definition) is 3. The predicted octanol–water partition coefficient (Wildman–Crippen LogP) is 5.00. The number of hydrogen-bond donors (Lipinski definition) is 0. The topological polar surface area (TPSA) is 15.7 Å². The highest BCUT2D eigenvalue weighted by Crippen LogP contribution is 2.36. The Hall–Kier alpha value is -2.78. The average molecular weight is 361 g/mol. The number of benzene rings is 3. The highest BCUT2D eigenvalue weighted by atomic mass is 16.5. The van der Waals surface area contributed by atoms with Crippen LogP contribution >= 0.6 is 0 Å². The van der Waals surface area contributed by atoms with Gasteiger partial charge in [0, 0.05) is 13.1 Å². The van der Waals surface area contributed by atoms with Gasteiger partial charge in [0.05, 0.1) is 18.8 Å². The summed E-state index contributed by atoms with van der Waals surface area (Å²) in [6.45, 7) is 1.73. The van der Waals surface area contributed by atoms with Crippen LogP contribution in [-0.2, 0) is 6.54 Å². The Balaban J connectivity index is 2.08. The van der Waals surface area contributed by atoms with Gasteiger partial charge in [0.1, 0.15) is 5.75 Å². The second kappa shape index (κ2) is 9.24. The number of methoxy groups -OCH3 is 1. The van der Waals surface area contributed by atoms with Crippen LogP contribution in [0.25, 0.3) is 0 Å². The smallest absolute Gasteiger partial charge is 0.142 e. The summed E-state index contributed by atoms with van der Waals surface area (Å²) < 4.78 is 5.70. The summed E-state index contributed by atoms with van der Waals surface area (Å²) >= 11 is 0. The molecule has 0 aromatic heterocycles. The summed E-state index contributed by atoms with van der Waals surface area (Å²) in [5, 5.41) is 0.